The van der Waals surface area contributed by atoms with Crippen LogP contribution in [0.3, 0.4) is 0 Å². The first-order chi connectivity index (χ1) is 11.7. The van der Waals surface area contributed by atoms with E-state index in [-0.39, 0.29) is 11.8 Å². The van der Waals surface area contributed by atoms with Crippen LogP contribution in [0.4, 0.5) is 4.79 Å². The van der Waals surface area contributed by atoms with Gasteiger partial charge in [0.05, 0.1) is 6.54 Å². The number of likely N-dealkylation sites (tertiary alicyclic amines) is 1. The molecule has 0 aromatic heterocycles. The molecule has 0 aromatic rings. The third-order valence-corrected chi connectivity index (χ3v) is 3.68. The highest BCUT2D eigenvalue weighted by Gasteiger charge is 2.23. The van der Waals surface area contributed by atoms with E-state index in [9.17, 15) is 9.59 Å². The van der Waals surface area contributed by atoms with Crippen molar-refractivity contribution in [3.8, 4) is 0 Å². The SMILES string of the molecule is CCNC(=NCCNC(=O)OC(C)(C)C)N1CCCC(CC(N)=O)C1. The van der Waals surface area contributed by atoms with E-state index in [2.05, 4.69) is 20.5 Å². The van der Waals surface area contributed by atoms with Gasteiger partial charge in [-0.15, -0.1) is 0 Å². The normalized spacial score (nSPS) is 18.6. The molecule has 0 aromatic carbocycles. The second kappa shape index (κ2) is 10.1. The minimum absolute atomic E-state index is 0.254. The number of hydrogen-bond donors (Lipinski definition) is 3. The van der Waals surface area contributed by atoms with Crippen LogP contribution in [0.2, 0.25) is 0 Å². The minimum Gasteiger partial charge on any atom is -0.444 e. The molecule has 144 valence electrons. The van der Waals surface area contributed by atoms with Crippen LogP contribution in [-0.4, -0.2) is 61.2 Å². The monoisotopic (exact) mass is 355 g/mol. The van der Waals surface area contributed by atoms with Crippen molar-refractivity contribution in [3.05, 3.63) is 0 Å². The van der Waals surface area contributed by atoms with Gasteiger partial charge < -0.3 is 26.0 Å². The Balaban J connectivity index is 2.50. The summed E-state index contributed by atoms with van der Waals surface area (Å²) in [5, 5.41) is 5.97. The zero-order chi connectivity index (χ0) is 18.9. The smallest absolute Gasteiger partial charge is 0.407 e. The Kier molecular flexibility index (Phi) is 8.51. The van der Waals surface area contributed by atoms with E-state index in [1.165, 1.54) is 0 Å². The first-order valence-corrected chi connectivity index (χ1v) is 8.99. The third kappa shape index (κ3) is 9.16. The molecule has 0 saturated carbocycles. The molecule has 8 nitrogen and oxygen atoms in total. The maximum absolute atomic E-state index is 11.6. The quantitative estimate of drug-likeness (QED) is 0.375. The van der Waals surface area contributed by atoms with Crippen molar-refractivity contribution in [2.24, 2.45) is 16.6 Å². The van der Waals surface area contributed by atoms with Crippen LogP contribution in [0.5, 0.6) is 0 Å². The van der Waals surface area contributed by atoms with Gasteiger partial charge in [0.25, 0.3) is 0 Å². The average molecular weight is 355 g/mol. The largest absolute Gasteiger partial charge is 0.444 e. The van der Waals surface area contributed by atoms with Gasteiger partial charge in [0.2, 0.25) is 5.91 Å². The Labute approximate surface area is 150 Å². The summed E-state index contributed by atoms with van der Waals surface area (Å²) in [6.45, 7) is 10.8. The van der Waals surface area contributed by atoms with Crippen LogP contribution in [0.15, 0.2) is 4.99 Å². The fraction of sp³-hybridized carbons (Fsp3) is 0.824. The number of nitrogens with one attached hydrogen (secondary N) is 2. The number of primary amides is 1. The lowest BCUT2D eigenvalue weighted by atomic mass is 9.95. The van der Waals surface area contributed by atoms with Crippen molar-refractivity contribution < 1.29 is 14.3 Å². The molecular weight excluding hydrogens is 322 g/mol. The van der Waals surface area contributed by atoms with E-state index in [0.29, 0.717) is 19.5 Å². The topological polar surface area (TPSA) is 109 Å². The molecule has 1 unspecified atom stereocenters. The van der Waals surface area contributed by atoms with Gasteiger partial charge in [-0.25, -0.2) is 4.79 Å². The molecule has 0 spiro atoms. The number of ether oxygens (including phenoxy) is 1. The Morgan fingerprint density at radius 1 is 1.32 bits per heavy atom. The summed E-state index contributed by atoms with van der Waals surface area (Å²) in [5.41, 5.74) is 4.81. The minimum atomic E-state index is -0.508. The number of carbonyl (C=O) groups is 2. The van der Waals surface area contributed by atoms with Crippen LogP contribution in [-0.2, 0) is 9.53 Å². The summed E-state index contributed by atoms with van der Waals surface area (Å²) in [6, 6.07) is 0. The fourth-order valence-electron chi connectivity index (χ4n) is 2.77. The highest BCUT2D eigenvalue weighted by atomic mass is 16.6. The molecule has 25 heavy (non-hydrogen) atoms. The number of rotatable bonds is 6. The van der Waals surface area contributed by atoms with Gasteiger partial charge >= 0.3 is 6.09 Å². The molecule has 1 heterocycles. The number of nitrogens with two attached hydrogens (primary N) is 1. The predicted molar refractivity (Wildman–Crippen MR) is 98.3 cm³/mol. The van der Waals surface area contributed by atoms with Crippen LogP contribution in [0.25, 0.3) is 0 Å². The third-order valence-electron chi connectivity index (χ3n) is 3.68. The lowest BCUT2D eigenvalue weighted by Gasteiger charge is -2.34. The van der Waals surface area contributed by atoms with Crippen molar-refractivity contribution >= 4 is 18.0 Å². The van der Waals surface area contributed by atoms with Gasteiger partial charge in [-0.3, -0.25) is 9.79 Å². The highest BCUT2D eigenvalue weighted by Crippen LogP contribution is 2.19. The first kappa shape index (κ1) is 21.1. The number of guanidine groups is 1. The van der Waals surface area contributed by atoms with Gasteiger partial charge in [-0.1, -0.05) is 0 Å². The molecule has 1 saturated heterocycles. The molecule has 2 amide bonds. The number of carbonyl (C=O) groups excluding carboxylic acids is 2. The molecular formula is C17H33N5O3. The molecule has 0 aliphatic carbocycles. The van der Waals surface area contributed by atoms with E-state index in [4.69, 9.17) is 10.5 Å². The molecule has 1 fully saturated rings. The Bertz CT molecular complexity index is 473. The van der Waals surface area contributed by atoms with E-state index < -0.39 is 11.7 Å². The van der Waals surface area contributed by atoms with Gasteiger partial charge in [0.1, 0.15) is 5.60 Å². The fourth-order valence-corrected chi connectivity index (χ4v) is 2.77. The van der Waals surface area contributed by atoms with E-state index >= 15 is 0 Å². The van der Waals surface area contributed by atoms with E-state index in [1.54, 1.807) is 0 Å². The average Bonchev–Trinajstić information content (AvgIpc) is 2.48. The van der Waals surface area contributed by atoms with Crippen molar-refractivity contribution in [1.29, 1.82) is 0 Å². The second-order valence-electron chi connectivity index (χ2n) is 7.29. The Morgan fingerprint density at radius 3 is 2.64 bits per heavy atom. The molecule has 1 rings (SSSR count). The van der Waals surface area contributed by atoms with Crippen LogP contribution in [0.1, 0.15) is 47.0 Å². The number of aliphatic imine (C=N–C) groups is 1. The summed E-state index contributed by atoms with van der Waals surface area (Å²) < 4.78 is 5.19. The number of amides is 2. The molecule has 0 bridgehead atoms. The van der Waals surface area contributed by atoms with E-state index in [0.717, 1.165) is 38.4 Å². The molecule has 1 atom stereocenters. The Hall–Kier alpha value is -1.99. The standard InChI is InChI=1S/C17H33N5O3/c1-5-19-15(20-8-9-21-16(24)25-17(2,3)4)22-10-6-7-13(12-22)11-14(18)23/h13H,5-12H2,1-4H3,(H2,18,23)(H,19,20)(H,21,24). The molecule has 1 aliphatic rings. The summed E-state index contributed by atoms with van der Waals surface area (Å²) in [4.78, 5) is 29.5. The summed E-state index contributed by atoms with van der Waals surface area (Å²) in [5.74, 6) is 0.827. The van der Waals surface area contributed by atoms with Crippen molar-refractivity contribution in [2.45, 2.75) is 52.6 Å². The van der Waals surface area contributed by atoms with Gasteiger partial charge in [0, 0.05) is 32.6 Å². The molecule has 0 radical (unpaired) electrons. The van der Waals surface area contributed by atoms with Crippen LogP contribution in [0, 0.1) is 5.92 Å². The van der Waals surface area contributed by atoms with Crippen molar-refractivity contribution in [2.75, 3.05) is 32.7 Å². The number of piperidine rings is 1. The number of nitrogens with zero attached hydrogens (tertiary/aromatic N) is 2. The second-order valence-corrected chi connectivity index (χ2v) is 7.29. The van der Waals surface area contributed by atoms with Crippen molar-refractivity contribution in [1.82, 2.24) is 15.5 Å². The number of hydrogen-bond acceptors (Lipinski definition) is 4. The highest BCUT2D eigenvalue weighted by molar-refractivity contribution is 5.80. The van der Waals surface area contributed by atoms with Gasteiger partial charge in [-0.05, 0) is 46.5 Å². The zero-order valence-electron chi connectivity index (χ0n) is 15.9. The maximum Gasteiger partial charge on any atom is 0.407 e. The maximum atomic E-state index is 11.6. The van der Waals surface area contributed by atoms with Gasteiger partial charge in [0.15, 0.2) is 5.96 Å². The lowest BCUT2D eigenvalue weighted by molar-refractivity contribution is -0.119. The number of alkyl carbamates (subject to hydrolysis) is 1. The van der Waals surface area contributed by atoms with Crippen LogP contribution < -0.4 is 16.4 Å². The predicted octanol–water partition coefficient (Wildman–Crippen LogP) is 1.06. The van der Waals surface area contributed by atoms with Crippen molar-refractivity contribution in [3.63, 3.8) is 0 Å². The Morgan fingerprint density at radius 2 is 2.04 bits per heavy atom. The molecule has 8 heteroatoms. The summed E-state index contributed by atoms with van der Waals surface area (Å²) in [7, 11) is 0. The van der Waals surface area contributed by atoms with Gasteiger partial charge in [-0.2, -0.15) is 0 Å². The molecule has 1 aliphatic heterocycles. The van der Waals surface area contributed by atoms with E-state index in [1.807, 2.05) is 27.7 Å². The summed E-state index contributed by atoms with van der Waals surface area (Å²) >= 11 is 0. The molecule has 4 N–H and O–H groups in total. The van der Waals surface area contributed by atoms with Crippen LogP contribution >= 0.6 is 0 Å². The first-order valence-electron chi connectivity index (χ1n) is 8.99. The summed E-state index contributed by atoms with van der Waals surface area (Å²) in [6.07, 6.45) is 2.00. The zero-order valence-corrected chi connectivity index (χ0v) is 15.9. The lowest BCUT2D eigenvalue weighted by Crippen LogP contribution is -2.47.